The van der Waals surface area contributed by atoms with Crippen molar-refractivity contribution in [3.63, 3.8) is 0 Å². The van der Waals surface area contributed by atoms with E-state index in [1.807, 2.05) is 25.2 Å². The maximum atomic E-state index is 12.6. The van der Waals surface area contributed by atoms with Crippen LogP contribution in [0.25, 0.3) is 5.57 Å². The quantitative estimate of drug-likeness (QED) is 0.542. The second kappa shape index (κ2) is 7.14. The number of allylic oxidation sites excluding steroid dienone is 6. The van der Waals surface area contributed by atoms with Gasteiger partial charge in [-0.25, -0.2) is 0 Å². The van der Waals surface area contributed by atoms with Crippen LogP contribution in [0.5, 0.6) is 0 Å². The van der Waals surface area contributed by atoms with Gasteiger partial charge in [0.2, 0.25) is 0 Å². The van der Waals surface area contributed by atoms with E-state index in [1.165, 1.54) is 29.6 Å². The zero-order chi connectivity index (χ0) is 21.7. The number of aromatic nitrogens is 1. The van der Waals surface area contributed by atoms with Crippen LogP contribution < -0.4 is 0 Å². The standard InChI is InChI=1S/C26H31NO.CH2O/c1-24(2)22-10-7-18-20-9-8-19(17-6-5-15-27-16-17)25(20,3)13-11-21(18)26(22,4)14-12-23(24)28;1-2/h5-6,8-10,15-16,18,21H,7,11-14H2,1-4H3;1H2. The van der Waals surface area contributed by atoms with E-state index in [2.05, 4.69) is 57.0 Å². The molecule has 0 saturated heterocycles. The molecular weight excluding hydrogens is 370 g/mol. The van der Waals surface area contributed by atoms with Crippen molar-refractivity contribution >= 4 is 18.1 Å². The van der Waals surface area contributed by atoms with Crippen molar-refractivity contribution in [2.45, 2.75) is 59.8 Å². The maximum Gasteiger partial charge on any atom is 0.142 e. The third kappa shape index (κ3) is 2.74. The first-order valence-electron chi connectivity index (χ1n) is 11.1. The number of ketones is 1. The van der Waals surface area contributed by atoms with Crippen molar-refractivity contribution in [3.05, 3.63) is 59.5 Å². The van der Waals surface area contributed by atoms with Gasteiger partial charge in [-0.05, 0) is 74.0 Å². The molecule has 2 fully saturated rings. The Hall–Kier alpha value is -2.29. The highest BCUT2D eigenvalue weighted by Crippen LogP contribution is 2.66. The lowest BCUT2D eigenvalue weighted by Crippen LogP contribution is -2.51. The predicted octanol–water partition coefficient (Wildman–Crippen LogP) is 5.98. The van der Waals surface area contributed by atoms with Crippen molar-refractivity contribution in [3.8, 4) is 0 Å². The molecule has 1 aromatic heterocycles. The predicted molar refractivity (Wildman–Crippen MR) is 121 cm³/mol. The molecule has 0 bridgehead atoms. The van der Waals surface area contributed by atoms with E-state index < -0.39 is 0 Å². The molecule has 0 radical (unpaired) electrons. The summed E-state index contributed by atoms with van der Waals surface area (Å²) in [6.45, 7) is 11.2. The van der Waals surface area contributed by atoms with Crippen LogP contribution in [-0.2, 0) is 9.59 Å². The van der Waals surface area contributed by atoms with Gasteiger partial charge in [-0.15, -0.1) is 0 Å². The summed E-state index contributed by atoms with van der Waals surface area (Å²) in [6, 6.07) is 4.24. The number of carbonyl (C=O) groups excluding carboxylic acids is 2. The zero-order valence-corrected chi connectivity index (χ0v) is 18.7. The number of hydrogen-bond acceptors (Lipinski definition) is 3. The van der Waals surface area contributed by atoms with E-state index in [-0.39, 0.29) is 16.2 Å². The Morgan fingerprint density at radius 3 is 2.57 bits per heavy atom. The first-order valence-corrected chi connectivity index (χ1v) is 11.1. The number of carbonyl (C=O) groups is 2. The van der Waals surface area contributed by atoms with Crippen LogP contribution in [0.4, 0.5) is 0 Å². The molecule has 0 spiro atoms. The Balaban J connectivity index is 0.00000106. The van der Waals surface area contributed by atoms with E-state index in [0.29, 0.717) is 17.6 Å². The fourth-order valence-electron chi connectivity index (χ4n) is 7.16. The van der Waals surface area contributed by atoms with Gasteiger partial charge in [0.1, 0.15) is 12.6 Å². The van der Waals surface area contributed by atoms with Gasteiger partial charge in [0.05, 0.1) is 0 Å². The molecule has 3 nitrogen and oxygen atoms in total. The number of rotatable bonds is 1. The molecule has 1 aromatic rings. The summed E-state index contributed by atoms with van der Waals surface area (Å²) in [7, 11) is 0. The van der Waals surface area contributed by atoms with Gasteiger partial charge in [0.15, 0.2) is 0 Å². The number of fused-ring (bicyclic) bond motifs is 5. The smallest absolute Gasteiger partial charge is 0.142 e. The molecule has 0 N–H and O–H groups in total. The van der Waals surface area contributed by atoms with E-state index in [0.717, 1.165) is 19.3 Å². The third-order valence-electron chi connectivity index (χ3n) is 8.73. The molecule has 158 valence electrons. The number of pyridine rings is 1. The van der Waals surface area contributed by atoms with Crippen LogP contribution in [0.15, 0.2) is 53.9 Å². The van der Waals surface area contributed by atoms with Crippen molar-refractivity contribution in [1.29, 1.82) is 0 Å². The summed E-state index contributed by atoms with van der Waals surface area (Å²) in [6.07, 6.45) is 16.4. The fourth-order valence-corrected chi connectivity index (χ4v) is 7.16. The lowest BCUT2D eigenvalue weighted by Gasteiger charge is -2.58. The monoisotopic (exact) mass is 403 g/mol. The highest BCUT2D eigenvalue weighted by Gasteiger charge is 2.57. The minimum absolute atomic E-state index is 0.131. The molecule has 4 aliphatic rings. The Morgan fingerprint density at radius 2 is 1.87 bits per heavy atom. The zero-order valence-electron chi connectivity index (χ0n) is 18.7. The topological polar surface area (TPSA) is 47.0 Å². The highest BCUT2D eigenvalue weighted by atomic mass is 16.1. The Bertz CT molecular complexity index is 954. The largest absolute Gasteiger partial charge is 0.307 e. The Kier molecular flexibility index (Phi) is 4.99. The van der Waals surface area contributed by atoms with Crippen LogP contribution in [0.2, 0.25) is 0 Å². The van der Waals surface area contributed by atoms with Gasteiger partial charge in [0, 0.05) is 29.6 Å². The summed E-state index contributed by atoms with van der Waals surface area (Å²) in [4.78, 5) is 25.0. The number of hydrogen-bond donors (Lipinski definition) is 0. The molecule has 4 unspecified atom stereocenters. The van der Waals surface area contributed by atoms with E-state index >= 15 is 0 Å². The second-order valence-corrected chi connectivity index (χ2v) is 10.3. The lowest BCUT2D eigenvalue weighted by molar-refractivity contribution is -0.130. The normalized spacial score (nSPS) is 36.1. The van der Waals surface area contributed by atoms with Crippen molar-refractivity contribution in [2.75, 3.05) is 0 Å². The van der Waals surface area contributed by atoms with E-state index in [4.69, 9.17) is 4.79 Å². The van der Waals surface area contributed by atoms with Gasteiger partial charge in [-0.1, -0.05) is 49.3 Å². The number of nitrogens with zero attached hydrogens (tertiary/aromatic N) is 1. The van der Waals surface area contributed by atoms with E-state index in [1.54, 1.807) is 5.57 Å². The van der Waals surface area contributed by atoms with Crippen LogP contribution in [0.1, 0.15) is 65.4 Å². The summed E-state index contributed by atoms with van der Waals surface area (Å²) in [5.74, 6) is 1.68. The summed E-state index contributed by atoms with van der Waals surface area (Å²) >= 11 is 0. The first-order chi connectivity index (χ1) is 14.3. The van der Waals surface area contributed by atoms with E-state index in [9.17, 15) is 4.79 Å². The van der Waals surface area contributed by atoms with Crippen LogP contribution in [-0.4, -0.2) is 17.6 Å². The molecule has 30 heavy (non-hydrogen) atoms. The minimum Gasteiger partial charge on any atom is -0.307 e. The highest BCUT2D eigenvalue weighted by molar-refractivity contribution is 5.89. The Morgan fingerprint density at radius 1 is 1.10 bits per heavy atom. The van der Waals surface area contributed by atoms with Gasteiger partial charge >= 0.3 is 0 Å². The molecule has 0 amide bonds. The van der Waals surface area contributed by atoms with Crippen LogP contribution >= 0.6 is 0 Å². The average Bonchev–Trinajstić information content (AvgIpc) is 3.10. The average molecular weight is 404 g/mol. The summed E-state index contributed by atoms with van der Waals surface area (Å²) in [5.41, 5.74) is 5.76. The molecule has 5 rings (SSSR count). The molecule has 0 aromatic carbocycles. The van der Waals surface area contributed by atoms with Crippen molar-refractivity contribution in [1.82, 2.24) is 4.98 Å². The van der Waals surface area contributed by atoms with Gasteiger partial charge in [-0.3, -0.25) is 9.78 Å². The molecule has 4 aliphatic carbocycles. The molecule has 1 heterocycles. The SMILES string of the molecule is C=O.CC1(C)C(=O)CCC2(C)C1=CCC1C3=CC=C(c4cccnc4)C3(C)CCC12. The van der Waals surface area contributed by atoms with Crippen molar-refractivity contribution in [2.24, 2.45) is 28.1 Å². The fraction of sp³-hybridized carbons (Fsp3) is 0.519. The van der Waals surface area contributed by atoms with Crippen molar-refractivity contribution < 1.29 is 9.59 Å². The van der Waals surface area contributed by atoms with Gasteiger partial charge in [-0.2, -0.15) is 0 Å². The lowest BCUT2D eigenvalue weighted by atomic mass is 9.46. The molecule has 3 heteroatoms. The van der Waals surface area contributed by atoms with Crippen LogP contribution in [0.3, 0.4) is 0 Å². The van der Waals surface area contributed by atoms with Crippen LogP contribution in [0, 0.1) is 28.1 Å². The van der Waals surface area contributed by atoms with Gasteiger partial charge in [0.25, 0.3) is 0 Å². The molecular formula is C27H33NO2. The summed E-state index contributed by atoms with van der Waals surface area (Å²) in [5, 5.41) is 0. The first kappa shape index (κ1) is 21.0. The maximum absolute atomic E-state index is 12.6. The molecule has 0 aliphatic heterocycles. The minimum atomic E-state index is -0.290. The molecule has 4 atom stereocenters. The van der Waals surface area contributed by atoms with Gasteiger partial charge < -0.3 is 4.79 Å². The number of Topliss-reactive ketones (excluding diaryl/α,β-unsaturated/α-hetero) is 1. The Labute approximate surface area is 180 Å². The summed E-state index contributed by atoms with van der Waals surface area (Å²) < 4.78 is 0. The second-order valence-electron chi connectivity index (χ2n) is 10.3. The molecule has 2 saturated carbocycles. The third-order valence-corrected chi connectivity index (χ3v) is 8.73.